The number of methoxy groups -OCH3 is 2. The highest BCUT2D eigenvalue weighted by Crippen LogP contribution is 2.33. The molecule has 0 atom stereocenters. The summed E-state index contributed by atoms with van der Waals surface area (Å²) in [5.74, 6) is 1.51. The van der Waals surface area contributed by atoms with Gasteiger partial charge in [0, 0.05) is 23.3 Å². The van der Waals surface area contributed by atoms with Gasteiger partial charge in [0.15, 0.2) is 0 Å². The number of fused-ring (bicyclic) bond motifs is 1. The number of hydrogen-bond donors (Lipinski definition) is 0. The topological polar surface area (TPSA) is 44.2 Å². The van der Waals surface area contributed by atoms with Crippen LogP contribution in [-0.4, -0.2) is 24.2 Å². The highest BCUT2D eigenvalue weighted by Gasteiger charge is 2.10. The summed E-state index contributed by atoms with van der Waals surface area (Å²) in [5, 5.41) is 0.930. The molecule has 4 nitrogen and oxygen atoms in total. The lowest BCUT2D eigenvalue weighted by molar-refractivity contribution is 0.410. The Morgan fingerprint density at radius 1 is 0.900 bits per heavy atom. The SMILES string of the molecule is COc1ccc(OC)c2nc(-c3cccnc3)ccc12. The lowest BCUT2D eigenvalue weighted by Crippen LogP contribution is -1.93. The first-order valence-corrected chi connectivity index (χ1v) is 6.25. The zero-order valence-electron chi connectivity index (χ0n) is 11.3. The summed E-state index contributed by atoms with van der Waals surface area (Å²) in [6.07, 6.45) is 3.54. The quantitative estimate of drug-likeness (QED) is 0.729. The van der Waals surface area contributed by atoms with Crippen molar-refractivity contribution >= 4 is 10.9 Å². The maximum absolute atomic E-state index is 5.38. The Hall–Kier alpha value is -2.62. The molecule has 3 aromatic rings. The van der Waals surface area contributed by atoms with Gasteiger partial charge < -0.3 is 9.47 Å². The summed E-state index contributed by atoms with van der Waals surface area (Å²) < 4.78 is 10.7. The van der Waals surface area contributed by atoms with Crippen LogP contribution in [0.5, 0.6) is 11.5 Å². The van der Waals surface area contributed by atoms with Gasteiger partial charge in [-0.1, -0.05) is 0 Å². The molecular formula is C16H14N2O2. The van der Waals surface area contributed by atoms with Gasteiger partial charge in [-0.05, 0) is 36.4 Å². The van der Waals surface area contributed by atoms with E-state index in [4.69, 9.17) is 9.47 Å². The second-order valence-corrected chi connectivity index (χ2v) is 4.30. The standard InChI is InChI=1S/C16H14N2O2/c1-19-14-7-8-15(20-2)16-12(14)5-6-13(18-16)11-4-3-9-17-10-11/h3-10H,1-2H3. The number of nitrogens with zero attached hydrogens (tertiary/aromatic N) is 2. The summed E-state index contributed by atoms with van der Waals surface area (Å²) >= 11 is 0. The summed E-state index contributed by atoms with van der Waals surface area (Å²) in [6, 6.07) is 11.6. The minimum Gasteiger partial charge on any atom is -0.496 e. The van der Waals surface area contributed by atoms with Gasteiger partial charge in [-0.2, -0.15) is 0 Å². The molecule has 100 valence electrons. The number of hydrogen-bond acceptors (Lipinski definition) is 4. The van der Waals surface area contributed by atoms with E-state index in [2.05, 4.69) is 9.97 Å². The fraction of sp³-hybridized carbons (Fsp3) is 0.125. The van der Waals surface area contributed by atoms with E-state index in [9.17, 15) is 0 Å². The molecule has 0 bridgehead atoms. The minimum absolute atomic E-state index is 0.728. The third-order valence-corrected chi connectivity index (χ3v) is 3.18. The van der Waals surface area contributed by atoms with Crippen molar-refractivity contribution in [1.82, 2.24) is 9.97 Å². The normalized spacial score (nSPS) is 10.5. The second kappa shape index (κ2) is 5.17. The minimum atomic E-state index is 0.728. The molecule has 0 fully saturated rings. The molecule has 4 heteroatoms. The Balaban J connectivity index is 2.24. The van der Waals surface area contributed by atoms with Gasteiger partial charge in [-0.25, -0.2) is 4.98 Å². The van der Waals surface area contributed by atoms with E-state index >= 15 is 0 Å². The number of pyridine rings is 2. The van der Waals surface area contributed by atoms with E-state index in [-0.39, 0.29) is 0 Å². The van der Waals surface area contributed by atoms with Crippen LogP contribution in [0, 0.1) is 0 Å². The monoisotopic (exact) mass is 266 g/mol. The summed E-state index contributed by atoms with van der Waals surface area (Å²) in [4.78, 5) is 8.80. The van der Waals surface area contributed by atoms with Crippen molar-refractivity contribution in [1.29, 1.82) is 0 Å². The van der Waals surface area contributed by atoms with E-state index in [1.165, 1.54) is 0 Å². The lowest BCUT2D eigenvalue weighted by Gasteiger charge is -2.10. The van der Waals surface area contributed by atoms with Crippen LogP contribution in [0.15, 0.2) is 48.8 Å². The third kappa shape index (κ3) is 2.05. The van der Waals surface area contributed by atoms with Gasteiger partial charge in [-0.3, -0.25) is 4.98 Å². The molecule has 0 N–H and O–H groups in total. The molecule has 0 aliphatic carbocycles. The number of rotatable bonds is 3. The molecule has 0 spiro atoms. The highest BCUT2D eigenvalue weighted by molar-refractivity contribution is 5.91. The van der Waals surface area contributed by atoms with E-state index in [0.29, 0.717) is 0 Å². The van der Waals surface area contributed by atoms with Crippen molar-refractivity contribution in [3.8, 4) is 22.8 Å². The van der Waals surface area contributed by atoms with Crippen molar-refractivity contribution in [3.63, 3.8) is 0 Å². The zero-order chi connectivity index (χ0) is 13.9. The van der Waals surface area contributed by atoms with E-state index < -0.39 is 0 Å². The molecule has 0 amide bonds. The third-order valence-electron chi connectivity index (χ3n) is 3.18. The van der Waals surface area contributed by atoms with Gasteiger partial charge >= 0.3 is 0 Å². The van der Waals surface area contributed by atoms with Crippen LogP contribution in [0.4, 0.5) is 0 Å². The molecule has 0 unspecified atom stereocenters. The molecule has 3 rings (SSSR count). The predicted octanol–water partition coefficient (Wildman–Crippen LogP) is 3.31. The Bertz CT molecular complexity index is 742. The molecule has 1 aromatic carbocycles. The van der Waals surface area contributed by atoms with Crippen molar-refractivity contribution < 1.29 is 9.47 Å². The molecule has 0 saturated heterocycles. The van der Waals surface area contributed by atoms with Crippen LogP contribution in [0.3, 0.4) is 0 Å². The predicted molar refractivity (Wildman–Crippen MR) is 78.1 cm³/mol. The maximum Gasteiger partial charge on any atom is 0.145 e. The van der Waals surface area contributed by atoms with Crippen LogP contribution >= 0.6 is 0 Å². The van der Waals surface area contributed by atoms with Gasteiger partial charge in [0.25, 0.3) is 0 Å². The van der Waals surface area contributed by atoms with Crippen LogP contribution in [0.2, 0.25) is 0 Å². The Kier molecular flexibility index (Phi) is 3.21. The largest absolute Gasteiger partial charge is 0.496 e. The maximum atomic E-state index is 5.38. The Labute approximate surface area is 117 Å². The highest BCUT2D eigenvalue weighted by atomic mass is 16.5. The summed E-state index contributed by atoms with van der Waals surface area (Å²) in [5.41, 5.74) is 2.62. The summed E-state index contributed by atoms with van der Waals surface area (Å²) in [7, 11) is 3.29. The number of ether oxygens (including phenoxy) is 2. The molecule has 0 aliphatic heterocycles. The summed E-state index contributed by atoms with van der Waals surface area (Å²) in [6.45, 7) is 0. The van der Waals surface area contributed by atoms with Crippen molar-refractivity contribution in [3.05, 3.63) is 48.8 Å². The van der Waals surface area contributed by atoms with Gasteiger partial charge in [0.1, 0.15) is 17.0 Å². The molecule has 0 radical (unpaired) electrons. The van der Waals surface area contributed by atoms with Crippen LogP contribution < -0.4 is 9.47 Å². The fourth-order valence-corrected chi connectivity index (χ4v) is 2.18. The van der Waals surface area contributed by atoms with Gasteiger partial charge in [0.2, 0.25) is 0 Å². The first kappa shape index (κ1) is 12.4. The molecule has 20 heavy (non-hydrogen) atoms. The smallest absolute Gasteiger partial charge is 0.145 e. The van der Waals surface area contributed by atoms with Gasteiger partial charge in [-0.15, -0.1) is 0 Å². The molecule has 2 aromatic heterocycles. The van der Waals surface area contributed by atoms with Crippen molar-refractivity contribution in [2.45, 2.75) is 0 Å². The number of aromatic nitrogens is 2. The Morgan fingerprint density at radius 3 is 2.40 bits per heavy atom. The average molecular weight is 266 g/mol. The number of benzene rings is 1. The molecule has 0 aliphatic rings. The van der Waals surface area contributed by atoms with E-state index in [1.807, 2.05) is 36.4 Å². The van der Waals surface area contributed by atoms with Crippen molar-refractivity contribution in [2.75, 3.05) is 14.2 Å². The van der Waals surface area contributed by atoms with E-state index in [1.54, 1.807) is 26.6 Å². The molecule has 2 heterocycles. The lowest BCUT2D eigenvalue weighted by atomic mass is 10.1. The zero-order valence-corrected chi connectivity index (χ0v) is 11.3. The fourth-order valence-electron chi connectivity index (χ4n) is 2.18. The average Bonchev–Trinajstić information content (AvgIpc) is 2.54. The van der Waals surface area contributed by atoms with Crippen LogP contribution in [0.25, 0.3) is 22.2 Å². The second-order valence-electron chi connectivity index (χ2n) is 4.30. The van der Waals surface area contributed by atoms with Crippen LogP contribution in [0.1, 0.15) is 0 Å². The molecular weight excluding hydrogens is 252 g/mol. The van der Waals surface area contributed by atoms with E-state index in [0.717, 1.165) is 33.7 Å². The Morgan fingerprint density at radius 2 is 1.70 bits per heavy atom. The molecule has 0 saturated carbocycles. The van der Waals surface area contributed by atoms with Crippen LogP contribution in [-0.2, 0) is 0 Å². The van der Waals surface area contributed by atoms with Crippen molar-refractivity contribution in [2.24, 2.45) is 0 Å². The van der Waals surface area contributed by atoms with Gasteiger partial charge in [0.05, 0.1) is 19.9 Å². The first-order chi connectivity index (χ1) is 9.83. The first-order valence-electron chi connectivity index (χ1n) is 6.25.